The molecule has 0 radical (unpaired) electrons. The van der Waals surface area contributed by atoms with E-state index >= 15 is 0 Å². The van der Waals surface area contributed by atoms with E-state index in [0.717, 1.165) is 210 Å². The van der Waals surface area contributed by atoms with Crippen LogP contribution in [-0.2, 0) is 0 Å². The summed E-state index contributed by atoms with van der Waals surface area (Å²) in [5.74, 6) is 0. The van der Waals surface area contributed by atoms with Crippen molar-refractivity contribution >= 4 is 279 Å². The maximum absolute atomic E-state index is 6.95. The van der Waals surface area contributed by atoms with Crippen molar-refractivity contribution in [3.05, 3.63) is 506 Å². The van der Waals surface area contributed by atoms with Crippen molar-refractivity contribution in [1.82, 2.24) is 0 Å². The fourth-order valence-corrected chi connectivity index (χ4v) is 26.9. The standard InChI is InChI=1S/3C34H22NO2P.C26H18NO2P.CH4/c3*1-5-13-27-23(9-1)19-21-31-33(27)34-28-14-6-2-10-24(28)20-22-32(34)37-38(36-31)35-29-15-7-3-11-25(29)17-18-26-12-4-8-16-30(26)35;1-5-13-23-19(9-1)17-18-20-10-2-6-14-24(20)27(23)30-28-25-15-7-3-11-21(25)22-12-4-8-16-26(22)29-30;/h3*1-22H;1-18H;1H4. The first-order valence-electron chi connectivity index (χ1n) is 48.0. The highest BCUT2D eigenvalue weighted by atomic mass is 31.1. The van der Waals surface area contributed by atoms with E-state index in [1.807, 2.05) is 36.4 Å². The second-order valence-electron chi connectivity index (χ2n) is 35.7. The van der Waals surface area contributed by atoms with Crippen molar-refractivity contribution in [2.24, 2.45) is 0 Å². The topological polar surface area (TPSA) is 118 Å². The molecule has 145 heavy (non-hydrogen) atoms. The van der Waals surface area contributed by atoms with Gasteiger partial charge in [0.15, 0.2) is 0 Å². The fourth-order valence-electron chi connectivity index (χ4n) is 20.6. The van der Waals surface area contributed by atoms with Gasteiger partial charge in [0.2, 0.25) is 0 Å². The molecule has 692 valence electrons. The Morgan fingerprint density at radius 2 is 0.262 bits per heavy atom. The van der Waals surface area contributed by atoms with Crippen molar-refractivity contribution in [2.45, 2.75) is 7.43 Å². The van der Waals surface area contributed by atoms with Crippen LogP contribution in [0.15, 0.2) is 495 Å². The second-order valence-corrected chi connectivity index (χ2v) is 40.6. The predicted molar refractivity (Wildman–Crippen MR) is 614 cm³/mol. The Labute approximate surface area is 838 Å². The first-order chi connectivity index (χ1) is 71.4. The quantitative estimate of drug-likeness (QED) is 0.167. The summed E-state index contributed by atoms with van der Waals surface area (Å²) in [6.45, 7) is 0. The Hall–Kier alpha value is -17.8. The molecule has 4 aliphatic heterocycles. The molecule has 26 aromatic rings. The van der Waals surface area contributed by atoms with E-state index < -0.39 is 32.7 Å². The average molecular weight is 1950 g/mol. The summed E-state index contributed by atoms with van der Waals surface area (Å²) in [6, 6.07) is 160. The first-order valence-corrected chi connectivity index (χ1v) is 52.5. The molecule has 0 saturated heterocycles. The van der Waals surface area contributed by atoms with Crippen LogP contribution in [0, 0.1) is 0 Å². The zero-order valence-electron chi connectivity index (χ0n) is 77.3. The zero-order valence-corrected chi connectivity index (χ0v) is 80.9. The van der Waals surface area contributed by atoms with E-state index in [4.69, 9.17) is 33.6 Å². The van der Waals surface area contributed by atoms with Crippen LogP contribution in [0.5, 0.6) is 0 Å². The van der Waals surface area contributed by atoms with Crippen LogP contribution in [0.3, 0.4) is 0 Å². The number of hydrogen-bond donors (Lipinski definition) is 0. The van der Waals surface area contributed by atoms with Gasteiger partial charge in [-0.05, 0) is 206 Å². The molecule has 0 atom stereocenters. The maximum atomic E-state index is 6.95. The summed E-state index contributed by atoms with van der Waals surface area (Å²) in [6.07, 6.45) is 17.3. The van der Waals surface area contributed by atoms with Gasteiger partial charge in [-0.15, -0.1) is 0 Å². The van der Waals surface area contributed by atoms with Gasteiger partial charge in [0.1, 0.15) is 44.7 Å². The number of nitrogens with zero attached hydrogens (tertiary/aromatic N) is 4. The van der Waals surface area contributed by atoms with E-state index in [0.29, 0.717) is 0 Å². The van der Waals surface area contributed by atoms with Gasteiger partial charge in [-0.1, -0.05) is 420 Å². The van der Waals surface area contributed by atoms with Crippen LogP contribution < -0.4 is 18.7 Å². The number of benzene rings is 22. The van der Waals surface area contributed by atoms with Crippen molar-refractivity contribution in [1.29, 1.82) is 0 Å². The van der Waals surface area contributed by atoms with Gasteiger partial charge in [-0.2, -0.15) is 0 Å². The van der Waals surface area contributed by atoms with Gasteiger partial charge in [0.05, 0.1) is 45.5 Å². The summed E-state index contributed by atoms with van der Waals surface area (Å²) in [5.41, 5.74) is 24.2. The Balaban J connectivity index is 0.0000000986. The number of hydrogen-bond acceptors (Lipinski definition) is 12. The minimum atomic E-state index is -1.60. The van der Waals surface area contributed by atoms with Gasteiger partial charge in [-0.3, -0.25) is 0 Å². The second kappa shape index (κ2) is 37.3. The highest BCUT2D eigenvalue weighted by Crippen LogP contribution is 2.57. The van der Waals surface area contributed by atoms with Gasteiger partial charge in [-0.25, -0.2) is 18.7 Å². The number of rotatable bonds is 4. The molecule has 0 saturated carbocycles. The van der Waals surface area contributed by atoms with E-state index in [-0.39, 0.29) is 7.43 Å². The molecule has 0 unspecified atom stereocenters. The van der Waals surface area contributed by atoms with Crippen LogP contribution >= 0.6 is 32.7 Å². The number of anilines is 8. The highest BCUT2D eigenvalue weighted by molar-refractivity contribution is 7.41. The fraction of sp³-hybridized carbons (Fsp3) is 0.00775. The molecule has 0 amide bonds. The van der Waals surface area contributed by atoms with Gasteiger partial charge in [0, 0.05) is 43.1 Å². The number of fused-ring (bicyclic) bond motifs is 32. The lowest BCUT2D eigenvalue weighted by Gasteiger charge is -2.23. The molecule has 0 spiro atoms. The molecule has 0 aliphatic carbocycles. The third-order valence-corrected chi connectivity index (χ3v) is 33.2. The summed E-state index contributed by atoms with van der Waals surface area (Å²) in [7, 11) is -6.28. The summed E-state index contributed by atoms with van der Waals surface area (Å²) < 4.78 is 63.8. The van der Waals surface area contributed by atoms with Crippen LogP contribution in [0.1, 0.15) is 51.9 Å². The minimum Gasteiger partial charge on any atom is -0.404 e. The Morgan fingerprint density at radius 3 is 0.441 bits per heavy atom. The van der Waals surface area contributed by atoms with Crippen LogP contribution in [0.4, 0.5) is 45.5 Å². The molecule has 22 aromatic carbocycles. The van der Waals surface area contributed by atoms with Crippen LogP contribution in [-0.4, -0.2) is 0 Å². The van der Waals surface area contributed by atoms with Crippen LogP contribution in [0.2, 0.25) is 0 Å². The lowest BCUT2D eigenvalue weighted by atomic mass is 9.99. The Morgan fingerprint density at radius 1 is 0.124 bits per heavy atom. The van der Waals surface area contributed by atoms with E-state index in [9.17, 15) is 0 Å². The highest BCUT2D eigenvalue weighted by Gasteiger charge is 2.31. The van der Waals surface area contributed by atoms with Crippen molar-refractivity contribution in [3.8, 4) is 0 Å². The van der Waals surface area contributed by atoms with E-state index in [2.05, 4.69) is 492 Å². The third kappa shape index (κ3) is 15.7. The third-order valence-electron chi connectivity index (χ3n) is 27.3. The molecule has 0 fully saturated rings. The smallest absolute Gasteiger partial charge is 0.346 e. The molecule has 8 heterocycles. The lowest BCUT2D eigenvalue weighted by molar-refractivity contribution is 0.639. The zero-order chi connectivity index (χ0) is 95.1. The largest absolute Gasteiger partial charge is 0.404 e. The lowest BCUT2D eigenvalue weighted by Crippen LogP contribution is -2.07. The maximum Gasteiger partial charge on any atom is 0.346 e. The molecule has 0 N–H and O–H groups in total. The van der Waals surface area contributed by atoms with E-state index in [1.54, 1.807) is 0 Å². The molecule has 4 aliphatic rings. The minimum absolute atomic E-state index is 0. The van der Waals surface area contributed by atoms with E-state index in [1.165, 1.54) is 32.3 Å². The van der Waals surface area contributed by atoms with Gasteiger partial charge < -0.3 is 33.6 Å². The molecular formula is C129H88N4O8P4. The number of para-hydroxylation sites is 10. The molecule has 16 heteroatoms. The van der Waals surface area contributed by atoms with Crippen LogP contribution in [0.25, 0.3) is 201 Å². The summed E-state index contributed by atoms with van der Waals surface area (Å²) >= 11 is 0. The van der Waals surface area contributed by atoms with Crippen molar-refractivity contribution in [2.75, 3.05) is 18.7 Å². The SMILES string of the molecule is C.C1=Cc2ccccc2N(p2oc3ccc4ccccc4c3c3c(ccc4ccccc43)o2)c2ccccc21.C1=Cc2ccccc2N(p2oc3ccc4ccccc4c3c3c(ccc4ccccc43)o2)c2ccccc21.C1=Cc2ccccc2N(p2oc3ccc4ccccc4c3c3c(ccc4ccccc43)o2)c2ccccc21.C1=Cc2ccccc2N(p2oc3ccccc3c3ccccc3o2)c2ccccc21. The van der Waals surface area contributed by atoms with Crippen molar-refractivity contribution in [3.63, 3.8) is 0 Å². The Kier molecular flexibility index (Phi) is 22.5. The van der Waals surface area contributed by atoms with Gasteiger partial charge in [0.25, 0.3) is 0 Å². The monoisotopic (exact) mass is 1940 g/mol. The molecule has 30 rings (SSSR count). The Bertz CT molecular complexity index is 8780. The normalized spacial score (nSPS) is 12.5. The average Bonchev–Trinajstić information content (AvgIpc) is 1.49. The van der Waals surface area contributed by atoms with Gasteiger partial charge >= 0.3 is 32.7 Å². The molecule has 12 nitrogen and oxygen atoms in total. The first kappa shape index (κ1) is 87.4. The summed E-state index contributed by atoms with van der Waals surface area (Å²) in [5, 5.41) is 22.5. The summed E-state index contributed by atoms with van der Waals surface area (Å²) in [4.78, 5) is 0. The molecular weight excluding hydrogens is 1860 g/mol. The molecule has 0 bridgehead atoms. The predicted octanol–water partition coefficient (Wildman–Crippen LogP) is 41.1. The molecule has 4 aromatic heterocycles. The van der Waals surface area contributed by atoms with Crippen molar-refractivity contribution < 1.29 is 33.6 Å².